The van der Waals surface area contributed by atoms with Crippen LogP contribution in [-0.4, -0.2) is 52.9 Å². The Hall–Kier alpha value is -3.72. The number of piperazine rings is 1. The van der Waals surface area contributed by atoms with Crippen molar-refractivity contribution in [2.24, 2.45) is 0 Å². The molecule has 36 heavy (non-hydrogen) atoms. The maximum absolute atomic E-state index is 14.1. The Morgan fingerprint density at radius 2 is 1.78 bits per heavy atom. The van der Waals surface area contributed by atoms with E-state index in [0.717, 1.165) is 22.3 Å². The van der Waals surface area contributed by atoms with Crippen molar-refractivity contribution >= 4 is 28.3 Å². The summed E-state index contributed by atoms with van der Waals surface area (Å²) >= 11 is 1.34. The van der Waals surface area contributed by atoms with Crippen molar-refractivity contribution in [3.8, 4) is 0 Å². The number of hydrogen-bond donors (Lipinski definition) is 0. The first-order chi connectivity index (χ1) is 17.7. The van der Waals surface area contributed by atoms with Crippen molar-refractivity contribution in [2.45, 2.75) is 19.4 Å². The van der Waals surface area contributed by atoms with Crippen LogP contribution in [0, 0.1) is 5.82 Å². The Morgan fingerprint density at radius 1 is 1.00 bits per heavy atom. The third kappa shape index (κ3) is 5.91. The second-order valence-electron chi connectivity index (χ2n) is 8.73. The number of amides is 1. The molecular formula is C27H28FN5O2S. The van der Waals surface area contributed by atoms with Gasteiger partial charge < -0.3 is 19.1 Å². The van der Waals surface area contributed by atoms with E-state index in [1.165, 1.54) is 17.6 Å². The van der Waals surface area contributed by atoms with Gasteiger partial charge >= 0.3 is 0 Å². The number of hydrogen-bond acceptors (Lipinski definition) is 7. The number of nitrogens with zero attached hydrogens (tertiary/aromatic N) is 5. The SMILES string of the molecule is O=C(CCN(Cc1ccco1)c1nc(Cc2ccccc2)ns1)N1CCN(c2ccccc2F)CC1. The molecule has 1 aliphatic heterocycles. The monoisotopic (exact) mass is 505 g/mol. The molecule has 0 bridgehead atoms. The Labute approximate surface area is 214 Å². The van der Waals surface area contributed by atoms with Crippen molar-refractivity contribution in [1.29, 1.82) is 0 Å². The van der Waals surface area contributed by atoms with Gasteiger partial charge in [-0.15, -0.1) is 0 Å². The van der Waals surface area contributed by atoms with E-state index in [1.54, 1.807) is 18.4 Å². The van der Waals surface area contributed by atoms with Crippen LogP contribution >= 0.6 is 11.5 Å². The molecule has 1 aliphatic rings. The molecule has 0 aliphatic carbocycles. The van der Waals surface area contributed by atoms with Crippen molar-refractivity contribution in [3.63, 3.8) is 0 Å². The van der Waals surface area contributed by atoms with E-state index in [-0.39, 0.29) is 11.7 Å². The quantitative estimate of drug-likeness (QED) is 0.331. The average Bonchev–Trinajstić information content (AvgIpc) is 3.60. The lowest BCUT2D eigenvalue weighted by Crippen LogP contribution is -2.49. The van der Waals surface area contributed by atoms with Gasteiger partial charge in [-0.05, 0) is 29.8 Å². The average molecular weight is 506 g/mol. The predicted molar refractivity (Wildman–Crippen MR) is 139 cm³/mol. The molecule has 0 radical (unpaired) electrons. The standard InChI is InChI=1S/C27H28FN5O2S/c28-23-10-4-5-11-24(23)31-14-16-32(17-15-31)26(34)12-13-33(20-22-9-6-18-35-22)27-29-25(30-36-27)19-21-7-2-1-3-8-21/h1-11,18H,12-17,19-20H2. The number of furan rings is 1. The van der Waals surface area contributed by atoms with Gasteiger partial charge in [0.2, 0.25) is 11.0 Å². The first-order valence-corrected chi connectivity index (χ1v) is 12.8. The van der Waals surface area contributed by atoms with E-state index in [9.17, 15) is 9.18 Å². The van der Waals surface area contributed by atoms with Gasteiger partial charge in [0, 0.05) is 57.1 Å². The van der Waals surface area contributed by atoms with Gasteiger partial charge in [0.1, 0.15) is 17.4 Å². The molecule has 3 heterocycles. The molecule has 0 atom stereocenters. The summed E-state index contributed by atoms with van der Waals surface area (Å²) in [5.41, 5.74) is 1.75. The fraction of sp³-hybridized carbons (Fsp3) is 0.296. The number of halogens is 1. The highest BCUT2D eigenvalue weighted by molar-refractivity contribution is 7.09. The first kappa shape index (κ1) is 24.0. The summed E-state index contributed by atoms with van der Waals surface area (Å²) < 4.78 is 24.2. The topological polar surface area (TPSA) is 65.7 Å². The molecule has 0 spiro atoms. The summed E-state index contributed by atoms with van der Waals surface area (Å²) in [6.45, 7) is 3.40. The predicted octanol–water partition coefficient (Wildman–Crippen LogP) is 4.61. The van der Waals surface area contributed by atoms with Gasteiger partial charge in [-0.25, -0.2) is 9.37 Å². The molecule has 0 unspecified atom stereocenters. The summed E-state index contributed by atoms with van der Waals surface area (Å²) in [5, 5.41) is 0.773. The zero-order valence-corrected chi connectivity index (χ0v) is 20.7. The number of aromatic nitrogens is 2. The Bertz CT molecular complexity index is 1260. The minimum absolute atomic E-state index is 0.0849. The third-order valence-electron chi connectivity index (χ3n) is 6.28. The summed E-state index contributed by atoms with van der Waals surface area (Å²) in [5.74, 6) is 1.43. The highest BCUT2D eigenvalue weighted by atomic mass is 32.1. The van der Waals surface area contributed by atoms with Crippen molar-refractivity contribution in [2.75, 3.05) is 42.5 Å². The second kappa shape index (κ2) is 11.3. The number of benzene rings is 2. The molecule has 1 fully saturated rings. The summed E-state index contributed by atoms with van der Waals surface area (Å²) in [6, 6.07) is 20.7. The maximum atomic E-state index is 14.1. The molecule has 2 aromatic carbocycles. The minimum Gasteiger partial charge on any atom is -0.467 e. The number of anilines is 2. The molecule has 1 amide bonds. The largest absolute Gasteiger partial charge is 0.467 e. The van der Waals surface area contributed by atoms with Crippen LogP contribution in [0.1, 0.15) is 23.6 Å². The van der Waals surface area contributed by atoms with Crippen molar-refractivity contribution in [1.82, 2.24) is 14.3 Å². The van der Waals surface area contributed by atoms with Gasteiger partial charge in [0.15, 0.2) is 0 Å². The molecule has 186 valence electrons. The Morgan fingerprint density at radius 3 is 2.53 bits per heavy atom. The summed E-state index contributed by atoms with van der Waals surface area (Å²) in [7, 11) is 0. The van der Waals surface area contributed by atoms with Crippen LogP contribution in [0.15, 0.2) is 77.4 Å². The molecular weight excluding hydrogens is 477 g/mol. The summed E-state index contributed by atoms with van der Waals surface area (Å²) in [4.78, 5) is 23.7. The zero-order chi connectivity index (χ0) is 24.7. The van der Waals surface area contributed by atoms with Gasteiger partial charge in [0.05, 0.1) is 18.5 Å². The lowest BCUT2D eigenvalue weighted by atomic mass is 10.1. The molecule has 0 saturated carbocycles. The lowest BCUT2D eigenvalue weighted by molar-refractivity contribution is -0.131. The van der Waals surface area contributed by atoms with Crippen LogP contribution in [0.4, 0.5) is 15.2 Å². The van der Waals surface area contributed by atoms with Crippen LogP contribution in [-0.2, 0) is 17.8 Å². The zero-order valence-electron chi connectivity index (χ0n) is 19.9. The third-order valence-corrected chi connectivity index (χ3v) is 7.10. The van der Waals surface area contributed by atoms with E-state index < -0.39 is 0 Å². The van der Waals surface area contributed by atoms with Gasteiger partial charge in [-0.3, -0.25) is 4.79 Å². The Kier molecular flexibility index (Phi) is 7.56. The fourth-order valence-corrected chi connectivity index (χ4v) is 5.06. The number of carbonyl (C=O) groups excluding carboxylic acids is 1. The van der Waals surface area contributed by atoms with E-state index >= 15 is 0 Å². The van der Waals surface area contributed by atoms with E-state index in [0.29, 0.717) is 57.8 Å². The maximum Gasteiger partial charge on any atom is 0.224 e. The first-order valence-electron chi connectivity index (χ1n) is 12.1. The van der Waals surface area contributed by atoms with Crippen LogP contribution in [0.25, 0.3) is 0 Å². The second-order valence-corrected chi connectivity index (χ2v) is 9.46. The molecule has 5 rings (SSSR count). The van der Waals surface area contributed by atoms with Gasteiger partial charge in [-0.2, -0.15) is 4.37 Å². The highest BCUT2D eigenvalue weighted by Crippen LogP contribution is 2.23. The number of carbonyl (C=O) groups is 1. The van der Waals surface area contributed by atoms with E-state index in [1.807, 2.05) is 46.2 Å². The fourth-order valence-electron chi connectivity index (χ4n) is 4.35. The summed E-state index contributed by atoms with van der Waals surface area (Å²) in [6.07, 6.45) is 2.67. The smallest absolute Gasteiger partial charge is 0.224 e. The Balaban J connectivity index is 1.20. The van der Waals surface area contributed by atoms with Gasteiger partial charge in [0.25, 0.3) is 0 Å². The van der Waals surface area contributed by atoms with Crippen molar-refractivity contribution in [3.05, 3.63) is 96.0 Å². The number of para-hydroxylation sites is 1. The minimum atomic E-state index is -0.227. The highest BCUT2D eigenvalue weighted by Gasteiger charge is 2.24. The molecule has 0 N–H and O–H groups in total. The lowest BCUT2D eigenvalue weighted by Gasteiger charge is -2.36. The molecule has 4 aromatic rings. The van der Waals surface area contributed by atoms with E-state index in [4.69, 9.17) is 9.40 Å². The molecule has 1 saturated heterocycles. The molecule has 2 aromatic heterocycles. The van der Waals surface area contributed by atoms with E-state index in [2.05, 4.69) is 21.4 Å². The number of rotatable bonds is 9. The normalized spacial score (nSPS) is 13.7. The van der Waals surface area contributed by atoms with Gasteiger partial charge in [-0.1, -0.05) is 42.5 Å². The van der Waals surface area contributed by atoms with Crippen LogP contribution in [0.2, 0.25) is 0 Å². The molecule has 9 heteroatoms. The molecule has 7 nitrogen and oxygen atoms in total. The van der Waals surface area contributed by atoms with Crippen molar-refractivity contribution < 1.29 is 13.6 Å². The van der Waals surface area contributed by atoms with Crippen LogP contribution in [0.3, 0.4) is 0 Å². The van der Waals surface area contributed by atoms with Crippen LogP contribution < -0.4 is 9.80 Å². The van der Waals surface area contributed by atoms with Crippen LogP contribution in [0.5, 0.6) is 0 Å².